The fourth-order valence-corrected chi connectivity index (χ4v) is 2.40. The van der Waals surface area contributed by atoms with Gasteiger partial charge in [-0.25, -0.2) is 9.78 Å². The number of oxazole rings is 1. The normalized spacial score (nSPS) is 11.5. The van der Waals surface area contributed by atoms with Crippen molar-refractivity contribution in [3.05, 3.63) is 76.8 Å². The zero-order valence-corrected chi connectivity index (χ0v) is 13.8. The molecule has 3 aromatic rings. The van der Waals surface area contributed by atoms with E-state index in [-0.39, 0.29) is 11.5 Å². The van der Waals surface area contributed by atoms with Gasteiger partial charge in [0.2, 0.25) is 5.89 Å². The third-order valence-corrected chi connectivity index (χ3v) is 3.81. The van der Waals surface area contributed by atoms with E-state index in [4.69, 9.17) is 32.7 Å². The van der Waals surface area contributed by atoms with Crippen molar-refractivity contribution in [1.82, 2.24) is 4.98 Å². The zero-order chi connectivity index (χ0) is 17.1. The molecule has 0 aliphatic rings. The van der Waals surface area contributed by atoms with E-state index in [0.29, 0.717) is 15.8 Å². The Kier molecular flexibility index (Phi) is 4.69. The molecular formula is C18H11Cl2NO3. The summed E-state index contributed by atoms with van der Waals surface area (Å²) in [5, 5.41) is 9.85. The minimum absolute atomic E-state index is 0.212. The van der Waals surface area contributed by atoms with Crippen molar-refractivity contribution in [3.8, 4) is 11.3 Å². The highest BCUT2D eigenvalue weighted by molar-refractivity contribution is 6.50. The number of benzene rings is 2. The number of carbonyl (C=O) groups is 1. The molecule has 1 N–H and O–H groups in total. The summed E-state index contributed by atoms with van der Waals surface area (Å²) in [5.41, 5.74) is 1.80. The van der Waals surface area contributed by atoms with Crippen LogP contribution in [0.4, 0.5) is 0 Å². The van der Waals surface area contributed by atoms with Gasteiger partial charge in [-0.05, 0) is 48.0 Å². The van der Waals surface area contributed by atoms with Crippen LogP contribution in [0.5, 0.6) is 0 Å². The summed E-state index contributed by atoms with van der Waals surface area (Å²) in [4.78, 5) is 15.0. The van der Waals surface area contributed by atoms with E-state index in [1.54, 1.807) is 36.5 Å². The van der Waals surface area contributed by atoms with Crippen molar-refractivity contribution < 1.29 is 14.3 Å². The molecule has 3 rings (SSSR count). The lowest BCUT2D eigenvalue weighted by Gasteiger charge is -1.98. The average molecular weight is 360 g/mol. The number of halogens is 2. The molecule has 2 aromatic carbocycles. The second-order valence-electron chi connectivity index (χ2n) is 4.96. The molecule has 0 fully saturated rings. The van der Waals surface area contributed by atoms with Gasteiger partial charge in [0.25, 0.3) is 0 Å². The van der Waals surface area contributed by atoms with Crippen LogP contribution in [-0.2, 0) is 0 Å². The third kappa shape index (κ3) is 3.67. The minimum Gasteiger partial charge on any atom is -0.478 e. The lowest BCUT2D eigenvalue weighted by atomic mass is 10.1. The second-order valence-corrected chi connectivity index (χ2v) is 5.80. The molecule has 0 saturated carbocycles. The molecule has 0 spiro atoms. The van der Waals surface area contributed by atoms with Gasteiger partial charge in [-0.1, -0.05) is 35.3 Å². The Labute approximate surface area is 148 Å². The summed E-state index contributed by atoms with van der Waals surface area (Å²) in [6, 6.07) is 13.5. The molecule has 24 heavy (non-hydrogen) atoms. The first-order valence-electron chi connectivity index (χ1n) is 6.95. The van der Waals surface area contributed by atoms with Crippen LogP contribution >= 0.6 is 23.2 Å². The van der Waals surface area contributed by atoms with Crippen molar-refractivity contribution >= 4 is 40.3 Å². The zero-order valence-electron chi connectivity index (χ0n) is 12.2. The molecular weight excluding hydrogens is 349 g/mol. The van der Waals surface area contributed by atoms with Gasteiger partial charge in [0.15, 0.2) is 5.76 Å². The number of carboxylic acid groups (broad SMARTS) is 1. The quantitative estimate of drug-likeness (QED) is 0.674. The predicted molar refractivity (Wildman–Crippen MR) is 94.1 cm³/mol. The Hall–Kier alpha value is -2.56. The smallest absolute Gasteiger partial charge is 0.335 e. The van der Waals surface area contributed by atoms with Crippen LogP contribution < -0.4 is 0 Å². The number of hydrogen-bond acceptors (Lipinski definition) is 3. The predicted octanol–water partition coefficient (Wildman–Crippen LogP) is 5.43. The van der Waals surface area contributed by atoms with Crippen molar-refractivity contribution in [1.29, 1.82) is 0 Å². The number of aromatic nitrogens is 1. The lowest BCUT2D eigenvalue weighted by molar-refractivity contribution is 0.0697. The molecule has 1 heterocycles. The van der Waals surface area contributed by atoms with Crippen LogP contribution in [0.15, 0.2) is 59.1 Å². The van der Waals surface area contributed by atoms with Gasteiger partial charge < -0.3 is 9.52 Å². The molecule has 4 nitrogen and oxygen atoms in total. The van der Waals surface area contributed by atoms with E-state index in [1.807, 2.05) is 12.1 Å². The summed E-state index contributed by atoms with van der Waals surface area (Å²) >= 11 is 12.1. The van der Waals surface area contributed by atoms with Crippen LogP contribution in [-0.4, -0.2) is 16.1 Å². The molecule has 0 saturated heterocycles. The highest BCUT2D eigenvalue weighted by Crippen LogP contribution is 2.27. The number of nitrogens with zero attached hydrogens (tertiary/aromatic N) is 1. The molecule has 1 aromatic heterocycles. The first-order valence-corrected chi connectivity index (χ1v) is 7.71. The van der Waals surface area contributed by atoms with Crippen molar-refractivity contribution in [3.63, 3.8) is 0 Å². The third-order valence-electron chi connectivity index (χ3n) is 3.29. The van der Waals surface area contributed by atoms with E-state index < -0.39 is 5.97 Å². The van der Waals surface area contributed by atoms with E-state index in [0.717, 1.165) is 11.1 Å². The topological polar surface area (TPSA) is 63.3 Å². The molecule has 120 valence electrons. The summed E-state index contributed by atoms with van der Waals surface area (Å²) < 4.78 is 5.66. The van der Waals surface area contributed by atoms with Crippen LogP contribution in [0.2, 0.25) is 5.02 Å². The Bertz CT molecular complexity index is 897. The summed E-state index contributed by atoms with van der Waals surface area (Å²) in [6.07, 6.45) is 3.24. The SMILES string of the molecule is O=C(O)c1ccc(/C=C(\Cl)c2ncc(-c3ccc(Cl)cc3)o2)cc1. The van der Waals surface area contributed by atoms with Gasteiger partial charge in [-0.15, -0.1) is 0 Å². The van der Waals surface area contributed by atoms with Crippen LogP contribution in [0.25, 0.3) is 22.4 Å². The maximum atomic E-state index is 10.8. The van der Waals surface area contributed by atoms with E-state index in [1.165, 1.54) is 12.1 Å². The standard InChI is InChI=1S/C18H11Cl2NO3/c19-14-7-5-12(6-8-14)16-10-21-17(24-16)15(20)9-11-1-3-13(4-2-11)18(22)23/h1-10H,(H,22,23)/b15-9-. The van der Waals surface area contributed by atoms with Gasteiger partial charge in [0.1, 0.15) is 5.03 Å². The van der Waals surface area contributed by atoms with Gasteiger partial charge in [0.05, 0.1) is 11.8 Å². The highest BCUT2D eigenvalue weighted by atomic mass is 35.5. The number of rotatable bonds is 4. The van der Waals surface area contributed by atoms with E-state index in [9.17, 15) is 4.79 Å². The molecule has 6 heteroatoms. The molecule has 0 unspecified atom stereocenters. The highest BCUT2D eigenvalue weighted by Gasteiger charge is 2.10. The van der Waals surface area contributed by atoms with Crippen LogP contribution in [0.1, 0.15) is 21.8 Å². The van der Waals surface area contributed by atoms with Gasteiger partial charge in [-0.2, -0.15) is 0 Å². The molecule has 0 amide bonds. The maximum absolute atomic E-state index is 10.8. The van der Waals surface area contributed by atoms with Crippen LogP contribution in [0.3, 0.4) is 0 Å². The Balaban J connectivity index is 1.83. The first-order chi connectivity index (χ1) is 11.5. The molecule has 0 radical (unpaired) electrons. The molecule has 0 atom stereocenters. The Morgan fingerprint density at radius 3 is 2.38 bits per heavy atom. The van der Waals surface area contributed by atoms with E-state index in [2.05, 4.69) is 4.98 Å². The minimum atomic E-state index is -0.975. The van der Waals surface area contributed by atoms with E-state index >= 15 is 0 Å². The molecule has 0 aliphatic carbocycles. The fourth-order valence-electron chi connectivity index (χ4n) is 2.06. The van der Waals surface area contributed by atoms with Crippen LogP contribution in [0, 0.1) is 0 Å². The summed E-state index contributed by atoms with van der Waals surface area (Å²) in [5.74, 6) is -0.115. The Morgan fingerprint density at radius 2 is 1.75 bits per heavy atom. The summed E-state index contributed by atoms with van der Waals surface area (Å²) in [7, 11) is 0. The number of aromatic carboxylic acids is 1. The number of carboxylic acids is 1. The Morgan fingerprint density at radius 1 is 1.08 bits per heavy atom. The van der Waals surface area contributed by atoms with Gasteiger partial charge in [-0.3, -0.25) is 0 Å². The van der Waals surface area contributed by atoms with Crippen molar-refractivity contribution in [2.45, 2.75) is 0 Å². The largest absolute Gasteiger partial charge is 0.478 e. The first kappa shape index (κ1) is 16.3. The van der Waals surface area contributed by atoms with Gasteiger partial charge in [0, 0.05) is 10.6 Å². The fraction of sp³-hybridized carbons (Fsp3) is 0. The number of hydrogen-bond donors (Lipinski definition) is 1. The second kappa shape index (κ2) is 6.91. The molecule has 0 bridgehead atoms. The maximum Gasteiger partial charge on any atom is 0.335 e. The lowest BCUT2D eigenvalue weighted by Crippen LogP contribution is -1.94. The molecule has 0 aliphatic heterocycles. The van der Waals surface area contributed by atoms with Crippen molar-refractivity contribution in [2.75, 3.05) is 0 Å². The monoisotopic (exact) mass is 359 g/mol. The average Bonchev–Trinajstić information content (AvgIpc) is 3.06. The van der Waals surface area contributed by atoms with Crippen molar-refractivity contribution in [2.24, 2.45) is 0 Å². The van der Waals surface area contributed by atoms with Gasteiger partial charge >= 0.3 is 5.97 Å². The summed E-state index contributed by atoms with van der Waals surface area (Å²) in [6.45, 7) is 0.